The van der Waals surface area contributed by atoms with E-state index in [1.165, 1.54) is 0 Å². The van der Waals surface area contributed by atoms with Crippen molar-refractivity contribution in [2.24, 2.45) is 5.73 Å². The highest BCUT2D eigenvalue weighted by molar-refractivity contribution is 7.80. The quantitative estimate of drug-likeness (QED) is 0.841. The summed E-state index contributed by atoms with van der Waals surface area (Å²) in [6.45, 7) is 5.93. The average molecular weight is 279 g/mol. The summed E-state index contributed by atoms with van der Waals surface area (Å²) in [4.78, 5) is 16.0. The molecule has 1 rings (SSSR count). The first-order valence-corrected chi connectivity index (χ1v) is 6.79. The molecule has 0 atom stereocenters. The number of carbonyl (C=O) groups excluding carboxylic acids is 1. The topological polar surface area (TPSA) is 49.6 Å². The molecule has 19 heavy (non-hydrogen) atoms. The second-order valence-corrected chi connectivity index (χ2v) is 4.82. The second-order valence-electron chi connectivity index (χ2n) is 4.38. The highest BCUT2D eigenvalue weighted by Gasteiger charge is 2.14. The first-order chi connectivity index (χ1) is 8.99. The molecular weight excluding hydrogens is 258 g/mol. The molecule has 0 bridgehead atoms. The Morgan fingerprint density at radius 1 is 1.32 bits per heavy atom. The lowest BCUT2D eigenvalue weighted by molar-refractivity contribution is 0.165. The van der Waals surface area contributed by atoms with Crippen molar-refractivity contribution in [2.45, 2.75) is 20.4 Å². The van der Waals surface area contributed by atoms with E-state index < -0.39 is 0 Å². The molecule has 0 aliphatic rings. The van der Waals surface area contributed by atoms with Gasteiger partial charge in [0.25, 0.3) is 0 Å². The average Bonchev–Trinajstić information content (AvgIpc) is 2.40. The Kier molecular flexibility index (Phi) is 5.76. The molecule has 1 aromatic carbocycles. The third-order valence-corrected chi connectivity index (χ3v) is 3.23. The van der Waals surface area contributed by atoms with E-state index in [-0.39, 0.29) is 6.03 Å². The maximum atomic E-state index is 12.1. The smallest absolute Gasteiger partial charge is 0.320 e. The molecule has 0 aliphatic heterocycles. The van der Waals surface area contributed by atoms with Crippen molar-refractivity contribution in [3.8, 4) is 0 Å². The number of nitrogens with two attached hydrogens (primary N) is 1. The van der Waals surface area contributed by atoms with E-state index in [4.69, 9.17) is 18.0 Å². The third kappa shape index (κ3) is 4.21. The lowest BCUT2D eigenvalue weighted by Gasteiger charge is -2.26. The molecule has 0 unspecified atom stereocenters. The number of benzene rings is 1. The predicted molar refractivity (Wildman–Crippen MR) is 82.1 cm³/mol. The van der Waals surface area contributed by atoms with Crippen LogP contribution in [0.25, 0.3) is 0 Å². The van der Waals surface area contributed by atoms with Crippen LogP contribution in [-0.2, 0) is 6.54 Å². The fraction of sp³-hybridized carbons (Fsp3) is 0.429. The molecule has 0 radical (unpaired) electrons. The van der Waals surface area contributed by atoms with Gasteiger partial charge in [-0.15, -0.1) is 0 Å². The van der Waals surface area contributed by atoms with Gasteiger partial charge in [0.05, 0.1) is 0 Å². The zero-order valence-corrected chi connectivity index (χ0v) is 12.5. The SMILES string of the molecule is CCN(CC)C(=O)N(C)Cc1cccc(C(N)=S)c1. The van der Waals surface area contributed by atoms with E-state index in [0.717, 1.165) is 11.1 Å². The number of urea groups is 1. The Bertz CT molecular complexity index is 458. The Labute approximate surface area is 120 Å². The van der Waals surface area contributed by atoms with E-state index in [9.17, 15) is 4.79 Å². The number of rotatable bonds is 5. The minimum atomic E-state index is 0.0331. The number of hydrogen-bond donors (Lipinski definition) is 1. The van der Waals surface area contributed by atoms with Crippen LogP contribution in [0.5, 0.6) is 0 Å². The molecule has 0 fully saturated rings. The minimum absolute atomic E-state index is 0.0331. The fourth-order valence-electron chi connectivity index (χ4n) is 1.90. The third-order valence-electron chi connectivity index (χ3n) is 2.99. The molecule has 0 saturated heterocycles. The van der Waals surface area contributed by atoms with Crippen LogP contribution in [0.4, 0.5) is 4.79 Å². The van der Waals surface area contributed by atoms with Crippen molar-refractivity contribution in [1.29, 1.82) is 0 Å². The van der Waals surface area contributed by atoms with Gasteiger partial charge in [0.1, 0.15) is 4.99 Å². The fourth-order valence-corrected chi connectivity index (χ4v) is 2.03. The molecule has 2 amide bonds. The van der Waals surface area contributed by atoms with Crippen molar-refractivity contribution in [2.75, 3.05) is 20.1 Å². The van der Waals surface area contributed by atoms with Crippen molar-refractivity contribution < 1.29 is 4.79 Å². The van der Waals surface area contributed by atoms with Crippen LogP contribution in [0.3, 0.4) is 0 Å². The number of amides is 2. The Morgan fingerprint density at radius 2 is 1.95 bits per heavy atom. The Hall–Kier alpha value is -1.62. The van der Waals surface area contributed by atoms with Crippen LogP contribution in [0.2, 0.25) is 0 Å². The monoisotopic (exact) mass is 279 g/mol. The summed E-state index contributed by atoms with van der Waals surface area (Å²) in [5, 5.41) is 0. The minimum Gasteiger partial charge on any atom is -0.389 e. The van der Waals surface area contributed by atoms with Gasteiger partial charge in [-0.05, 0) is 25.5 Å². The maximum absolute atomic E-state index is 12.1. The molecule has 104 valence electrons. The lowest BCUT2D eigenvalue weighted by Crippen LogP contribution is -2.40. The van der Waals surface area contributed by atoms with Crippen molar-refractivity contribution in [1.82, 2.24) is 9.80 Å². The first kappa shape index (κ1) is 15.4. The van der Waals surface area contributed by atoms with Gasteiger partial charge in [0.2, 0.25) is 0 Å². The van der Waals surface area contributed by atoms with E-state index in [0.29, 0.717) is 24.6 Å². The van der Waals surface area contributed by atoms with Crippen LogP contribution in [0.15, 0.2) is 24.3 Å². The molecule has 0 aromatic heterocycles. The highest BCUT2D eigenvalue weighted by atomic mass is 32.1. The van der Waals surface area contributed by atoms with E-state index >= 15 is 0 Å². The summed E-state index contributed by atoms with van der Waals surface area (Å²) in [6, 6.07) is 7.70. The van der Waals surface area contributed by atoms with Crippen LogP contribution in [-0.4, -0.2) is 41.0 Å². The predicted octanol–water partition coefficient (Wildman–Crippen LogP) is 2.21. The summed E-state index contributed by atoms with van der Waals surface area (Å²) in [5.41, 5.74) is 7.46. The zero-order valence-electron chi connectivity index (χ0n) is 11.7. The Balaban J connectivity index is 2.76. The Morgan fingerprint density at radius 3 is 2.47 bits per heavy atom. The van der Waals surface area contributed by atoms with Gasteiger partial charge in [0.15, 0.2) is 0 Å². The number of thiocarbonyl (C=S) groups is 1. The maximum Gasteiger partial charge on any atom is 0.320 e. The van der Waals surface area contributed by atoms with Crippen molar-refractivity contribution in [3.05, 3.63) is 35.4 Å². The normalized spacial score (nSPS) is 10.1. The molecule has 4 nitrogen and oxygen atoms in total. The summed E-state index contributed by atoms with van der Waals surface area (Å²) < 4.78 is 0. The van der Waals surface area contributed by atoms with Gasteiger partial charge < -0.3 is 15.5 Å². The van der Waals surface area contributed by atoms with Gasteiger partial charge in [0, 0.05) is 32.2 Å². The van der Waals surface area contributed by atoms with Crippen molar-refractivity contribution in [3.63, 3.8) is 0 Å². The number of carbonyl (C=O) groups is 1. The molecule has 0 saturated carbocycles. The first-order valence-electron chi connectivity index (χ1n) is 6.38. The second kappa shape index (κ2) is 7.09. The van der Waals surface area contributed by atoms with Gasteiger partial charge in [-0.2, -0.15) is 0 Å². The zero-order chi connectivity index (χ0) is 14.4. The van der Waals surface area contributed by atoms with E-state index in [2.05, 4.69) is 0 Å². The van der Waals surface area contributed by atoms with Crippen LogP contribution in [0.1, 0.15) is 25.0 Å². The largest absolute Gasteiger partial charge is 0.389 e. The van der Waals surface area contributed by atoms with Crippen LogP contribution >= 0.6 is 12.2 Å². The van der Waals surface area contributed by atoms with Gasteiger partial charge in [-0.3, -0.25) is 0 Å². The van der Waals surface area contributed by atoms with Crippen molar-refractivity contribution >= 4 is 23.2 Å². The highest BCUT2D eigenvalue weighted by Crippen LogP contribution is 2.09. The molecule has 0 spiro atoms. The molecule has 0 aliphatic carbocycles. The van der Waals surface area contributed by atoms with Gasteiger partial charge in [-0.25, -0.2) is 4.79 Å². The summed E-state index contributed by atoms with van der Waals surface area (Å²) in [7, 11) is 1.80. The summed E-state index contributed by atoms with van der Waals surface area (Å²) >= 11 is 4.95. The van der Waals surface area contributed by atoms with E-state index in [1.807, 2.05) is 38.1 Å². The molecule has 5 heteroatoms. The standard InChI is InChI=1S/C14H21N3OS/c1-4-17(5-2)14(18)16(3)10-11-7-6-8-12(9-11)13(15)19/h6-9H,4-5,10H2,1-3H3,(H2,15,19). The summed E-state index contributed by atoms with van der Waals surface area (Å²) in [6.07, 6.45) is 0. The molecular formula is C14H21N3OS. The molecule has 2 N–H and O–H groups in total. The van der Waals surface area contributed by atoms with Crippen LogP contribution in [0, 0.1) is 0 Å². The number of hydrogen-bond acceptors (Lipinski definition) is 2. The summed E-state index contributed by atoms with van der Waals surface area (Å²) in [5.74, 6) is 0. The van der Waals surface area contributed by atoms with Gasteiger partial charge >= 0.3 is 6.03 Å². The molecule has 1 aromatic rings. The molecule has 0 heterocycles. The lowest BCUT2D eigenvalue weighted by atomic mass is 10.1. The van der Waals surface area contributed by atoms with Gasteiger partial charge in [-0.1, -0.05) is 30.4 Å². The van der Waals surface area contributed by atoms with E-state index in [1.54, 1.807) is 16.8 Å². The van der Waals surface area contributed by atoms with Crippen LogP contribution < -0.4 is 5.73 Å². The number of nitrogens with zero attached hydrogens (tertiary/aromatic N) is 2.